The van der Waals surface area contributed by atoms with Crippen molar-refractivity contribution in [2.45, 2.75) is 13.1 Å². The molecule has 0 saturated heterocycles. The Morgan fingerprint density at radius 2 is 1.93 bits per heavy atom. The summed E-state index contributed by atoms with van der Waals surface area (Å²) in [6.45, 7) is 1.87. The van der Waals surface area contributed by atoms with Crippen molar-refractivity contribution >= 4 is 17.4 Å². The second kappa shape index (κ2) is 6.73. The number of pyridine rings is 2. The highest BCUT2D eigenvalue weighted by Crippen LogP contribution is 2.31. The zero-order valence-corrected chi connectivity index (χ0v) is 15.4. The number of fused-ring (bicyclic) bond motifs is 1. The number of imidazole rings is 1. The number of carbonyl (C=O) groups excluding carboxylic acids is 1. The summed E-state index contributed by atoms with van der Waals surface area (Å²) in [6.07, 6.45) is -0.416. The first-order valence-electron chi connectivity index (χ1n) is 8.56. The fourth-order valence-electron chi connectivity index (χ4n) is 2.98. The highest BCUT2D eigenvalue weighted by atomic mass is 19.4. The predicted octanol–water partition coefficient (Wildman–Crippen LogP) is 3.61. The van der Waals surface area contributed by atoms with Crippen molar-refractivity contribution in [3.63, 3.8) is 0 Å². The van der Waals surface area contributed by atoms with E-state index in [1.165, 1.54) is 10.6 Å². The molecule has 0 spiro atoms. The fourth-order valence-corrected chi connectivity index (χ4v) is 2.98. The molecule has 148 valence electrons. The first-order chi connectivity index (χ1) is 13.7. The first kappa shape index (κ1) is 18.7. The molecule has 0 unspecified atom stereocenters. The van der Waals surface area contributed by atoms with Gasteiger partial charge in [-0.05, 0) is 31.2 Å². The SMILES string of the molecule is Cc1cccc(-c2nn(C)cc2-c2ccc3ncc(NC(=O)C(F)(F)F)n3c2)n1. The molecule has 4 heterocycles. The van der Waals surface area contributed by atoms with Crippen molar-refractivity contribution in [1.82, 2.24) is 24.1 Å². The van der Waals surface area contributed by atoms with Crippen LogP contribution in [0.4, 0.5) is 19.0 Å². The Morgan fingerprint density at radius 1 is 1.14 bits per heavy atom. The number of nitrogens with one attached hydrogen (secondary N) is 1. The lowest BCUT2D eigenvalue weighted by atomic mass is 10.1. The van der Waals surface area contributed by atoms with Gasteiger partial charge in [0.25, 0.3) is 0 Å². The van der Waals surface area contributed by atoms with Gasteiger partial charge < -0.3 is 5.32 Å². The molecule has 4 aromatic heterocycles. The van der Waals surface area contributed by atoms with Gasteiger partial charge in [0.15, 0.2) is 0 Å². The smallest absolute Gasteiger partial charge is 0.303 e. The number of nitrogens with zero attached hydrogens (tertiary/aromatic N) is 5. The average molecular weight is 400 g/mol. The highest BCUT2D eigenvalue weighted by Gasteiger charge is 2.39. The van der Waals surface area contributed by atoms with E-state index in [1.807, 2.05) is 30.4 Å². The second-order valence-corrected chi connectivity index (χ2v) is 6.47. The van der Waals surface area contributed by atoms with Gasteiger partial charge in [0.1, 0.15) is 17.2 Å². The normalized spacial score (nSPS) is 11.8. The van der Waals surface area contributed by atoms with Crippen molar-refractivity contribution in [1.29, 1.82) is 0 Å². The molecule has 0 saturated carbocycles. The van der Waals surface area contributed by atoms with Gasteiger partial charge in [0.2, 0.25) is 0 Å². The minimum atomic E-state index is -4.99. The van der Waals surface area contributed by atoms with Crippen molar-refractivity contribution in [2.75, 3.05) is 5.32 Å². The fraction of sp³-hybridized carbons (Fsp3) is 0.158. The lowest BCUT2D eigenvalue weighted by molar-refractivity contribution is -0.167. The van der Waals surface area contributed by atoms with Gasteiger partial charge in [-0.1, -0.05) is 6.07 Å². The minimum Gasteiger partial charge on any atom is -0.303 e. The van der Waals surface area contributed by atoms with Crippen molar-refractivity contribution in [2.24, 2.45) is 7.05 Å². The van der Waals surface area contributed by atoms with Crippen molar-refractivity contribution in [3.05, 3.63) is 54.6 Å². The molecule has 29 heavy (non-hydrogen) atoms. The van der Waals surface area contributed by atoms with Crippen molar-refractivity contribution < 1.29 is 18.0 Å². The number of hydrogen-bond donors (Lipinski definition) is 1. The number of anilines is 1. The van der Waals surface area contributed by atoms with E-state index in [4.69, 9.17) is 0 Å². The van der Waals surface area contributed by atoms with Crippen LogP contribution in [0.25, 0.3) is 28.2 Å². The van der Waals surface area contributed by atoms with E-state index >= 15 is 0 Å². The van der Waals surface area contributed by atoms with E-state index in [2.05, 4.69) is 15.1 Å². The van der Waals surface area contributed by atoms with Gasteiger partial charge in [0.05, 0.1) is 11.9 Å². The molecular formula is C19H15F3N6O. The van der Waals surface area contributed by atoms with Crippen LogP contribution in [-0.2, 0) is 11.8 Å². The molecule has 7 nitrogen and oxygen atoms in total. The van der Waals surface area contributed by atoms with Crippen LogP contribution in [0.15, 0.2) is 48.9 Å². The second-order valence-electron chi connectivity index (χ2n) is 6.47. The monoisotopic (exact) mass is 400 g/mol. The lowest BCUT2D eigenvalue weighted by Gasteiger charge is -2.09. The highest BCUT2D eigenvalue weighted by molar-refractivity contribution is 5.94. The Morgan fingerprint density at radius 3 is 2.66 bits per heavy atom. The summed E-state index contributed by atoms with van der Waals surface area (Å²) in [5.41, 5.74) is 3.97. The number of carbonyl (C=O) groups is 1. The molecular weight excluding hydrogens is 385 g/mol. The number of aryl methyl sites for hydroxylation is 2. The summed E-state index contributed by atoms with van der Waals surface area (Å²) in [6, 6.07) is 9.02. The van der Waals surface area contributed by atoms with E-state index < -0.39 is 12.1 Å². The summed E-state index contributed by atoms with van der Waals surface area (Å²) in [5, 5.41) is 6.33. The largest absolute Gasteiger partial charge is 0.471 e. The predicted molar refractivity (Wildman–Crippen MR) is 100 cm³/mol. The van der Waals surface area contributed by atoms with Gasteiger partial charge >= 0.3 is 12.1 Å². The molecule has 0 aliphatic carbocycles. The maximum atomic E-state index is 12.6. The average Bonchev–Trinajstić information content (AvgIpc) is 3.24. The maximum absolute atomic E-state index is 12.6. The van der Waals surface area contributed by atoms with Crippen LogP contribution in [0.5, 0.6) is 0 Å². The lowest BCUT2D eigenvalue weighted by Crippen LogP contribution is -2.30. The molecule has 0 aromatic carbocycles. The van der Waals surface area contributed by atoms with E-state index in [-0.39, 0.29) is 5.82 Å². The van der Waals surface area contributed by atoms with Gasteiger partial charge in [-0.15, -0.1) is 0 Å². The van der Waals surface area contributed by atoms with Crippen LogP contribution >= 0.6 is 0 Å². The maximum Gasteiger partial charge on any atom is 0.471 e. The molecule has 10 heteroatoms. The van der Waals surface area contributed by atoms with E-state index in [1.54, 1.807) is 36.3 Å². The number of aromatic nitrogens is 5. The third-order valence-corrected chi connectivity index (χ3v) is 4.28. The Hall–Kier alpha value is -3.69. The van der Waals surface area contributed by atoms with Gasteiger partial charge in [0, 0.05) is 36.3 Å². The Balaban J connectivity index is 1.80. The van der Waals surface area contributed by atoms with E-state index in [0.29, 0.717) is 22.6 Å². The standard InChI is InChI=1S/C19H15F3N6O/c1-11-4-3-5-14(24-11)17-13(10-27(2)26-17)12-6-7-15-23-8-16(28(15)9-12)25-18(29)19(20,21)22/h3-10H,1-2H3,(H,25,29). The summed E-state index contributed by atoms with van der Waals surface area (Å²) in [7, 11) is 1.77. The molecule has 1 amide bonds. The third-order valence-electron chi connectivity index (χ3n) is 4.28. The first-order valence-corrected chi connectivity index (χ1v) is 8.56. The van der Waals surface area contributed by atoms with Crippen LogP contribution in [0.2, 0.25) is 0 Å². The zero-order valence-electron chi connectivity index (χ0n) is 15.4. The van der Waals surface area contributed by atoms with Crippen LogP contribution in [0.3, 0.4) is 0 Å². The van der Waals surface area contributed by atoms with Crippen LogP contribution < -0.4 is 5.32 Å². The number of amides is 1. The summed E-state index contributed by atoms with van der Waals surface area (Å²) in [4.78, 5) is 19.8. The molecule has 0 radical (unpaired) electrons. The quantitative estimate of drug-likeness (QED) is 0.570. The van der Waals surface area contributed by atoms with Gasteiger partial charge in [-0.25, -0.2) is 4.98 Å². The van der Waals surface area contributed by atoms with Crippen LogP contribution in [0, 0.1) is 6.92 Å². The van der Waals surface area contributed by atoms with E-state index in [9.17, 15) is 18.0 Å². The Bertz CT molecular complexity index is 1220. The zero-order chi connectivity index (χ0) is 20.8. The van der Waals surface area contributed by atoms with Crippen molar-refractivity contribution in [3.8, 4) is 22.5 Å². The molecule has 1 N–H and O–H groups in total. The summed E-state index contributed by atoms with van der Waals surface area (Å²) >= 11 is 0. The Kier molecular flexibility index (Phi) is 4.33. The molecule has 4 aromatic rings. The summed E-state index contributed by atoms with van der Waals surface area (Å²) in [5.74, 6) is -2.14. The number of rotatable bonds is 3. The number of alkyl halides is 3. The Labute approximate surface area is 162 Å². The van der Waals surface area contributed by atoms with Crippen LogP contribution in [0.1, 0.15) is 5.69 Å². The molecule has 0 aliphatic heterocycles. The summed E-state index contributed by atoms with van der Waals surface area (Å²) < 4.78 is 40.8. The minimum absolute atomic E-state index is 0.0803. The van der Waals surface area contributed by atoms with Gasteiger partial charge in [-0.3, -0.25) is 18.9 Å². The van der Waals surface area contributed by atoms with Gasteiger partial charge in [-0.2, -0.15) is 18.3 Å². The molecule has 4 rings (SSSR count). The third kappa shape index (κ3) is 3.56. The number of halogens is 3. The molecule has 0 bridgehead atoms. The molecule has 0 atom stereocenters. The number of hydrogen-bond acceptors (Lipinski definition) is 4. The topological polar surface area (TPSA) is 77.1 Å². The van der Waals surface area contributed by atoms with E-state index in [0.717, 1.165) is 11.3 Å². The molecule has 0 fully saturated rings. The van der Waals surface area contributed by atoms with Crippen LogP contribution in [-0.4, -0.2) is 36.2 Å². The molecule has 0 aliphatic rings.